The molecule has 3 aromatic carbocycles. The van der Waals surface area contributed by atoms with Crippen LogP contribution in [0.2, 0.25) is 0 Å². The number of thioether (sulfide) groups is 1. The second kappa shape index (κ2) is 12.5. The fraction of sp³-hybridized carbons (Fsp3) is 0.400. The zero-order valence-electron chi connectivity index (χ0n) is 29.1. The van der Waals surface area contributed by atoms with Crippen LogP contribution in [-0.4, -0.2) is 62.3 Å². The second-order valence-electron chi connectivity index (χ2n) is 14.9. The molecule has 0 N–H and O–H groups in total. The summed E-state index contributed by atoms with van der Waals surface area (Å²) in [5.74, 6) is -0.685. The third-order valence-electron chi connectivity index (χ3n) is 10.7. The highest BCUT2D eigenvalue weighted by atomic mass is 32.2. The number of aryl methyl sites for hydroxylation is 1. The van der Waals surface area contributed by atoms with Crippen molar-refractivity contribution < 1.29 is 23.1 Å². The van der Waals surface area contributed by atoms with Gasteiger partial charge in [0.25, 0.3) is 0 Å². The largest absolute Gasteiger partial charge is 0.444 e. The lowest BCUT2D eigenvalue weighted by atomic mass is 9.79. The molecule has 2 bridgehead atoms. The maximum Gasteiger partial charge on any atom is 0.410 e. The summed E-state index contributed by atoms with van der Waals surface area (Å²) in [4.78, 5) is 35.0. The smallest absolute Gasteiger partial charge is 0.410 e. The van der Waals surface area contributed by atoms with E-state index in [0.29, 0.717) is 58.5 Å². The summed E-state index contributed by atoms with van der Waals surface area (Å²) in [5.41, 5.74) is 2.77. The summed E-state index contributed by atoms with van der Waals surface area (Å²) < 4.78 is 40.1. The van der Waals surface area contributed by atoms with Crippen LogP contribution in [0.3, 0.4) is 0 Å². The number of likely N-dealkylation sites (tertiary alicyclic amines) is 1. The Hall–Kier alpha value is -4.69. The van der Waals surface area contributed by atoms with Crippen molar-refractivity contribution in [3.63, 3.8) is 0 Å². The Morgan fingerprint density at radius 3 is 2.67 bits per heavy atom. The highest BCUT2D eigenvalue weighted by Gasteiger charge is 2.56. The van der Waals surface area contributed by atoms with Gasteiger partial charge in [-0.05, 0) is 92.5 Å². The number of halogens is 2. The van der Waals surface area contributed by atoms with Gasteiger partial charge < -0.3 is 19.1 Å². The molecule has 9 rings (SSSR count). The zero-order valence-corrected chi connectivity index (χ0v) is 29.9. The summed E-state index contributed by atoms with van der Waals surface area (Å²) in [7, 11) is 0. The first kappa shape index (κ1) is 33.5. The van der Waals surface area contributed by atoms with Gasteiger partial charge in [-0.15, -0.1) is 11.8 Å². The average Bonchev–Trinajstić information content (AvgIpc) is 3.87. The maximum absolute atomic E-state index is 17.4. The predicted octanol–water partition coefficient (Wildman–Crippen LogP) is 8.77. The third-order valence-corrected chi connectivity index (χ3v) is 11.4. The van der Waals surface area contributed by atoms with Crippen molar-refractivity contribution in [2.75, 3.05) is 19.3 Å². The van der Waals surface area contributed by atoms with Crippen LogP contribution in [-0.2, 0) is 22.5 Å². The fourth-order valence-corrected chi connectivity index (χ4v) is 9.05. The number of pyridine rings is 1. The van der Waals surface area contributed by atoms with Crippen LogP contribution in [0, 0.1) is 28.9 Å². The van der Waals surface area contributed by atoms with E-state index >= 15 is 4.39 Å². The van der Waals surface area contributed by atoms with Gasteiger partial charge >= 0.3 is 6.09 Å². The summed E-state index contributed by atoms with van der Waals surface area (Å²) in [6, 6.07) is 16.0. The van der Waals surface area contributed by atoms with Crippen LogP contribution in [0.4, 0.5) is 13.6 Å². The lowest BCUT2D eigenvalue weighted by Crippen LogP contribution is -2.44. The molecule has 2 amide bonds. The van der Waals surface area contributed by atoms with Crippen molar-refractivity contribution in [2.45, 2.75) is 82.1 Å². The van der Waals surface area contributed by atoms with E-state index in [4.69, 9.17) is 9.72 Å². The molecule has 4 fully saturated rings. The number of nitrogens with zero attached hydrogens (tertiary/aromatic N) is 5. The number of hydrogen-bond donors (Lipinski definition) is 0. The molecule has 5 aromatic rings. The SMILES string of the molecule is CSc1nc2c(F)c(-c3cccc4ccc(F)cc34)c(CCC#N)cc2c2c1cc(CN1CCCC1=O)n2[C@H]1[C@@H]2C[C@H]1N(C(=O)OC(C)(C)C)C2. The maximum atomic E-state index is 17.4. The minimum absolute atomic E-state index is 0.102. The number of carbonyl (C=O) groups excluding carboxylic acids is 2. The van der Waals surface area contributed by atoms with Crippen molar-refractivity contribution in [2.24, 2.45) is 5.92 Å². The van der Waals surface area contributed by atoms with E-state index in [1.807, 2.05) is 55.0 Å². The Labute approximate surface area is 299 Å². The van der Waals surface area contributed by atoms with Gasteiger partial charge in [0.05, 0.1) is 30.2 Å². The Kier molecular flexibility index (Phi) is 8.21. The van der Waals surface area contributed by atoms with E-state index in [1.54, 1.807) is 12.1 Å². The van der Waals surface area contributed by atoms with E-state index in [-0.39, 0.29) is 48.4 Å². The number of amides is 2. The van der Waals surface area contributed by atoms with E-state index in [2.05, 4.69) is 16.7 Å². The van der Waals surface area contributed by atoms with Crippen molar-refractivity contribution >= 4 is 56.3 Å². The molecule has 0 unspecified atom stereocenters. The van der Waals surface area contributed by atoms with Crippen LogP contribution in [0.5, 0.6) is 0 Å². The number of carbonyl (C=O) groups is 2. The number of hydrogen-bond acceptors (Lipinski definition) is 6. The first-order valence-corrected chi connectivity index (χ1v) is 18.8. The van der Waals surface area contributed by atoms with Crippen LogP contribution < -0.4 is 0 Å². The van der Waals surface area contributed by atoms with Crippen LogP contribution in [0.15, 0.2) is 53.6 Å². The number of ether oxygens (including phenoxy) is 1. The van der Waals surface area contributed by atoms with Crippen molar-refractivity contribution in [1.82, 2.24) is 19.4 Å². The van der Waals surface area contributed by atoms with Gasteiger partial charge in [-0.25, -0.2) is 18.6 Å². The minimum atomic E-state index is -0.638. The molecule has 2 aromatic heterocycles. The van der Waals surface area contributed by atoms with E-state index in [1.165, 1.54) is 23.9 Å². The van der Waals surface area contributed by atoms with Gasteiger partial charge in [0.2, 0.25) is 5.91 Å². The molecular weight excluding hydrogens is 669 g/mol. The molecule has 8 nitrogen and oxygen atoms in total. The number of fused-ring (bicyclic) bond motifs is 5. The standard InChI is InChI=1S/C40H39F2N5O3S/c1-40(2,3)50-39(49)46-20-24-17-31(46)36(24)47-26(21-45-15-7-11-32(45)48)19-30-37(47)29-16-23(9-6-14-43)33(34(42)35(29)44-38(30)51-4)27-10-5-8-22-12-13-25(41)18-28(22)27/h5,8,10,12-13,16,18-19,24,31,36H,6-7,9,11,15,17,20-21H2,1-4H3/t24-,31-,36+/m1/s1. The van der Waals surface area contributed by atoms with E-state index < -0.39 is 17.2 Å². The summed E-state index contributed by atoms with van der Waals surface area (Å²) >= 11 is 1.43. The van der Waals surface area contributed by atoms with Crippen LogP contribution in [0.25, 0.3) is 43.7 Å². The van der Waals surface area contributed by atoms with Gasteiger partial charge in [-0.2, -0.15) is 5.26 Å². The van der Waals surface area contributed by atoms with Crippen molar-refractivity contribution in [1.29, 1.82) is 5.26 Å². The molecule has 51 heavy (non-hydrogen) atoms. The molecule has 3 atom stereocenters. The molecule has 3 aliphatic heterocycles. The monoisotopic (exact) mass is 707 g/mol. The molecule has 262 valence electrons. The van der Waals surface area contributed by atoms with Gasteiger partial charge in [0.15, 0.2) is 5.82 Å². The Balaban J connectivity index is 1.39. The molecule has 5 heterocycles. The highest BCUT2D eigenvalue weighted by Crippen LogP contribution is 2.53. The Morgan fingerprint density at radius 1 is 1.12 bits per heavy atom. The van der Waals surface area contributed by atoms with Crippen molar-refractivity contribution in [3.05, 3.63) is 71.4 Å². The van der Waals surface area contributed by atoms with Gasteiger partial charge in [-0.3, -0.25) is 4.79 Å². The highest BCUT2D eigenvalue weighted by molar-refractivity contribution is 7.98. The van der Waals surface area contributed by atoms with Crippen LogP contribution >= 0.6 is 11.8 Å². The minimum Gasteiger partial charge on any atom is -0.444 e. The fourth-order valence-electron chi connectivity index (χ4n) is 8.49. The zero-order chi connectivity index (χ0) is 35.8. The molecule has 1 aliphatic carbocycles. The van der Waals surface area contributed by atoms with E-state index in [9.17, 15) is 19.2 Å². The summed E-state index contributed by atoms with van der Waals surface area (Å²) in [5, 5.41) is 13.1. The predicted molar refractivity (Wildman–Crippen MR) is 194 cm³/mol. The summed E-state index contributed by atoms with van der Waals surface area (Å²) in [6.45, 7) is 7.19. The Bertz CT molecular complexity index is 2310. The molecule has 3 saturated heterocycles. The topological polar surface area (TPSA) is 91.5 Å². The number of nitriles is 1. The lowest BCUT2D eigenvalue weighted by molar-refractivity contribution is -0.128. The van der Waals surface area contributed by atoms with Crippen LogP contribution in [0.1, 0.15) is 63.8 Å². The van der Waals surface area contributed by atoms with Gasteiger partial charge in [0.1, 0.15) is 22.0 Å². The quantitative estimate of drug-likeness (QED) is 0.157. The number of aromatic nitrogens is 2. The molecular formula is C40H39F2N5O3S. The Morgan fingerprint density at radius 2 is 1.94 bits per heavy atom. The number of benzene rings is 3. The van der Waals surface area contributed by atoms with Gasteiger partial charge in [-0.1, -0.05) is 24.3 Å². The second-order valence-corrected chi connectivity index (χ2v) is 15.7. The first-order valence-electron chi connectivity index (χ1n) is 17.5. The summed E-state index contributed by atoms with van der Waals surface area (Å²) in [6.07, 6.45) is 4.16. The lowest BCUT2D eigenvalue weighted by Gasteiger charge is -2.39. The molecule has 0 radical (unpaired) electrons. The van der Waals surface area contributed by atoms with E-state index in [0.717, 1.165) is 34.8 Å². The normalized spacial score (nSPS) is 20.1. The van der Waals surface area contributed by atoms with Crippen molar-refractivity contribution in [3.8, 4) is 17.2 Å². The molecule has 0 spiro atoms. The first-order chi connectivity index (χ1) is 24.5. The average molecular weight is 708 g/mol. The molecule has 1 saturated carbocycles. The third kappa shape index (κ3) is 5.59. The molecule has 11 heteroatoms. The number of rotatable bonds is 7. The van der Waals surface area contributed by atoms with Gasteiger partial charge in [0, 0.05) is 53.9 Å². The molecule has 4 aliphatic rings.